The molecule has 5 aromatic rings. The van der Waals surface area contributed by atoms with Crippen LogP contribution in [-0.2, 0) is 12.7 Å². The van der Waals surface area contributed by atoms with Gasteiger partial charge in [-0.05, 0) is 36.5 Å². The summed E-state index contributed by atoms with van der Waals surface area (Å²) in [5.74, 6) is -0.186. The first-order valence-corrected chi connectivity index (χ1v) is 12.1. The predicted octanol–water partition coefficient (Wildman–Crippen LogP) is 5.84. The third-order valence-electron chi connectivity index (χ3n) is 6.12. The van der Waals surface area contributed by atoms with E-state index in [9.17, 15) is 28.3 Å². The van der Waals surface area contributed by atoms with Crippen molar-refractivity contribution in [2.24, 2.45) is 0 Å². The average molecular weight is 544 g/mol. The molecule has 1 aromatic carbocycles. The molecule has 8 nitrogen and oxygen atoms in total. The molecule has 0 amide bonds. The largest absolute Gasteiger partial charge is 0.505 e. The number of fused-ring (bicyclic) bond motifs is 3. The van der Waals surface area contributed by atoms with Gasteiger partial charge in [0.2, 0.25) is 0 Å². The van der Waals surface area contributed by atoms with Gasteiger partial charge in [0.15, 0.2) is 23.0 Å². The Morgan fingerprint density at radius 3 is 2.76 bits per heavy atom. The molecule has 0 spiro atoms. The van der Waals surface area contributed by atoms with E-state index in [-0.39, 0.29) is 33.7 Å². The van der Waals surface area contributed by atoms with E-state index in [1.165, 1.54) is 16.8 Å². The normalized spacial score (nSPS) is 13.9. The van der Waals surface area contributed by atoms with E-state index >= 15 is 0 Å². The van der Waals surface area contributed by atoms with E-state index in [2.05, 4.69) is 21.2 Å². The van der Waals surface area contributed by atoms with Crippen LogP contribution >= 0.6 is 22.9 Å². The van der Waals surface area contributed by atoms with Crippen LogP contribution in [0.25, 0.3) is 31.8 Å². The van der Waals surface area contributed by atoms with Gasteiger partial charge in [-0.2, -0.15) is 18.4 Å². The Bertz CT molecular complexity index is 1830. The van der Waals surface area contributed by atoms with Gasteiger partial charge in [-0.1, -0.05) is 22.8 Å². The summed E-state index contributed by atoms with van der Waals surface area (Å²) in [5, 5.41) is 23.6. The molecule has 13 heteroatoms. The van der Waals surface area contributed by atoms with Crippen LogP contribution in [0, 0.1) is 11.3 Å². The average Bonchev–Trinajstić information content (AvgIpc) is 3.47. The molecule has 0 radical (unpaired) electrons. The first-order chi connectivity index (χ1) is 17.7. The third kappa shape index (κ3) is 3.91. The molecule has 0 saturated heterocycles. The first-order valence-electron chi connectivity index (χ1n) is 10.9. The van der Waals surface area contributed by atoms with Gasteiger partial charge in [-0.25, -0.2) is 4.98 Å². The zero-order chi connectivity index (χ0) is 26.1. The summed E-state index contributed by atoms with van der Waals surface area (Å²) in [6, 6.07) is 7.49. The number of rotatable bonds is 4. The number of thiophene rings is 1. The molecule has 1 saturated carbocycles. The summed E-state index contributed by atoms with van der Waals surface area (Å²) in [6.07, 6.45) is -1.63. The molecular weight excluding hydrogens is 531 g/mol. The Morgan fingerprint density at radius 2 is 2.08 bits per heavy atom. The Morgan fingerprint density at radius 1 is 1.30 bits per heavy atom. The number of alkyl halides is 3. The zero-order valence-corrected chi connectivity index (χ0v) is 20.1. The second-order valence-electron chi connectivity index (χ2n) is 8.61. The molecular formula is C24H13ClF3N5O3S. The van der Waals surface area contributed by atoms with Crippen LogP contribution in [0.4, 0.5) is 13.2 Å². The van der Waals surface area contributed by atoms with Crippen molar-refractivity contribution < 1.29 is 22.8 Å². The molecule has 0 unspecified atom stereocenters. The van der Waals surface area contributed by atoms with E-state index in [0.717, 1.165) is 35.8 Å². The van der Waals surface area contributed by atoms with Crippen molar-refractivity contribution in [2.75, 3.05) is 0 Å². The number of halogens is 4. The van der Waals surface area contributed by atoms with Gasteiger partial charge in [0.05, 0.1) is 27.2 Å². The van der Waals surface area contributed by atoms with Crippen molar-refractivity contribution >= 4 is 43.2 Å². The van der Waals surface area contributed by atoms with Crippen LogP contribution in [0.1, 0.15) is 41.3 Å². The number of hydrogen-bond acceptors (Lipinski definition) is 8. The third-order valence-corrected chi connectivity index (χ3v) is 7.54. The molecule has 0 aliphatic heterocycles. The molecule has 4 aromatic heterocycles. The highest BCUT2D eigenvalue weighted by Crippen LogP contribution is 2.45. The van der Waals surface area contributed by atoms with E-state index in [0.29, 0.717) is 26.2 Å². The summed E-state index contributed by atoms with van der Waals surface area (Å²) in [7, 11) is 0. The minimum atomic E-state index is -4.72. The van der Waals surface area contributed by atoms with E-state index < -0.39 is 24.0 Å². The van der Waals surface area contributed by atoms with Crippen LogP contribution in [0.15, 0.2) is 39.8 Å². The van der Waals surface area contributed by atoms with Gasteiger partial charge >= 0.3 is 6.18 Å². The lowest BCUT2D eigenvalue weighted by Crippen LogP contribution is -2.24. The van der Waals surface area contributed by atoms with Crippen LogP contribution in [0.2, 0.25) is 5.02 Å². The maximum Gasteiger partial charge on any atom is 0.436 e. The summed E-state index contributed by atoms with van der Waals surface area (Å²) < 4.78 is 45.8. The number of hydrogen-bond donors (Lipinski definition) is 1. The highest BCUT2D eigenvalue weighted by atomic mass is 35.5. The predicted molar refractivity (Wildman–Crippen MR) is 129 cm³/mol. The molecule has 1 fully saturated rings. The Balaban J connectivity index is 1.64. The number of nitriles is 1. The Kier molecular flexibility index (Phi) is 5.25. The van der Waals surface area contributed by atoms with Gasteiger partial charge in [0.1, 0.15) is 16.6 Å². The van der Waals surface area contributed by atoms with Gasteiger partial charge in [-0.15, -0.1) is 11.3 Å². The van der Waals surface area contributed by atoms with Crippen molar-refractivity contribution in [1.82, 2.24) is 19.7 Å². The van der Waals surface area contributed by atoms with Gasteiger partial charge < -0.3 is 9.63 Å². The topological polar surface area (TPSA) is 118 Å². The summed E-state index contributed by atoms with van der Waals surface area (Å²) in [4.78, 5) is 23.3. The van der Waals surface area contributed by atoms with Crippen molar-refractivity contribution in [3.05, 3.63) is 68.4 Å². The number of pyridine rings is 1. The maximum absolute atomic E-state index is 13.9. The Labute approximate surface area is 214 Å². The maximum atomic E-state index is 13.9. The quantitative estimate of drug-likeness (QED) is 0.303. The number of phenolic OH excluding ortho intramolecular Hbond substituents is 1. The fourth-order valence-corrected chi connectivity index (χ4v) is 5.55. The highest BCUT2D eigenvalue weighted by Gasteiger charge is 2.35. The van der Waals surface area contributed by atoms with Crippen LogP contribution < -0.4 is 5.56 Å². The fraction of sp³-hybridized carbons (Fsp3) is 0.208. The van der Waals surface area contributed by atoms with Gasteiger partial charge in [0, 0.05) is 17.6 Å². The van der Waals surface area contributed by atoms with E-state index in [1.807, 2.05) is 0 Å². The lowest BCUT2D eigenvalue weighted by Gasteiger charge is -2.14. The molecule has 186 valence electrons. The molecule has 0 atom stereocenters. The fourth-order valence-electron chi connectivity index (χ4n) is 4.22. The standard InChI is InChI=1S/C24H13ClF3N5O3S/c25-15-4-3-13-17-22(37-20(13)19(15)34)31-21(18-14(11-1-2-11)5-10(7-29)8-30-18)33(23(17)35)9-12-6-16(32-36-12)24(26,27)28/h3-6,8,11,34H,1-2,9H2. The number of phenols is 1. The van der Waals surface area contributed by atoms with Crippen molar-refractivity contribution in [3.8, 4) is 23.3 Å². The second-order valence-corrected chi connectivity index (χ2v) is 10.0. The molecule has 4 heterocycles. The molecule has 6 rings (SSSR count). The summed E-state index contributed by atoms with van der Waals surface area (Å²) in [5.41, 5.74) is -0.379. The lowest BCUT2D eigenvalue weighted by atomic mass is 10.1. The minimum Gasteiger partial charge on any atom is -0.505 e. The van der Waals surface area contributed by atoms with Gasteiger partial charge in [0.25, 0.3) is 5.56 Å². The van der Waals surface area contributed by atoms with E-state index in [1.54, 1.807) is 12.1 Å². The molecule has 1 aliphatic rings. The highest BCUT2D eigenvalue weighted by molar-refractivity contribution is 7.25. The second kappa shape index (κ2) is 8.29. The molecule has 37 heavy (non-hydrogen) atoms. The number of nitrogens with zero attached hydrogens (tertiary/aromatic N) is 5. The number of aromatic nitrogens is 4. The minimum absolute atomic E-state index is 0.103. The van der Waals surface area contributed by atoms with Gasteiger partial charge in [-0.3, -0.25) is 14.3 Å². The van der Waals surface area contributed by atoms with Crippen molar-refractivity contribution in [1.29, 1.82) is 5.26 Å². The number of aromatic hydroxyl groups is 1. The number of benzene rings is 1. The molecule has 1 aliphatic carbocycles. The lowest BCUT2D eigenvalue weighted by molar-refractivity contribution is -0.142. The zero-order valence-electron chi connectivity index (χ0n) is 18.5. The van der Waals surface area contributed by atoms with Crippen LogP contribution in [-0.4, -0.2) is 24.8 Å². The van der Waals surface area contributed by atoms with E-state index in [4.69, 9.17) is 16.1 Å². The summed E-state index contributed by atoms with van der Waals surface area (Å²) in [6.45, 7) is -0.400. The monoisotopic (exact) mass is 543 g/mol. The van der Waals surface area contributed by atoms with Crippen molar-refractivity contribution in [3.63, 3.8) is 0 Å². The van der Waals surface area contributed by atoms with Crippen molar-refractivity contribution in [2.45, 2.75) is 31.5 Å². The summed E-state index contributed by atoms with van der Waals surface area (Å²) >= 11 is 7.12. The molecule has 0 bridgehead atoms. The SMILES string of the molecule is N#Cc1cnc(-c2nc3sc4c(O)c(Cl)ccc4c3c(=O)n2Cc2cc(C(F)(F)F)no2)c(C2CC2)c1. The molecule has 1 N–H and O–H groups in total. The first kappa shape index (κ1) is 23.4. The van der Waals surface area contributed by atoms with Crippen LogP contribution in [0.5, 0.6) is 5.75 Å². The van der Waals surface area contributed by atoms with Crippen LogP contribution in [0.3, 0.4) is 0 Å². The smallest absolute Gasteiger partial charge is 0.436 e. The Hall–Kier alpha value is -3.95.